The van der Waals surface area contributed by atoms with Crippen molar-refractivity contribution < 1.29 is 14.6 Å². The summed E-state index contributed by atoms with van der Waals surface area (Å²) in [4.78, 5) is 0.592. The second-order valence-electron chi connectivity index (χ2n) is 2.95. The molecule has 4 N–H and O–H groups in total. The van der Waals surface area contributed by atoms with E-state index in [0.29, 0.717) is 4.90 Å². The molecule has 3 nitrogen and oxygen atoms in total. The smallest absolute Gasteiger partial charge is 0.143 e. The van der Waals surface area contributed by atoms with Crippen LogP contribution in [-0.2, 0) is 0 Å². The van der Waals surface area contributed by atoms with Crippen molar-refractivity contribution in [1.29, 1.82) is 0 Å². The molecule has 0 saturated carbocycles. The number of anilines is 1. The number of nitrogen functional groups attached to an aromatic ring is 1. The minimum atomic E-state index is -0.821. The maximum absolute atomic E-state index is 12.9. The molecule has 0 amide bonds. The van der Waals surface area contributed by atoms with Crippen molar-refractivity contribution in [1.82, 2.24) is 0 Å². The Bertz CT molecular complexity index is 351. The van der Waals surface area contributed by atoms with E-state index in [1.54, 1.807) is 0 Å². The molecule has 15 heavy (non-hydrogen) atoms. The first kappa shape index (κ1) is 12.6. The van der Waals surface area contributed by atoms with Gasteiger partial charge in [0.2, 0.25) is 0 Å². The molecule has 84 valence electrons. The van der Waals surface area contributed by atoms with E-state index in [4.69, 9.17) is 27.5 Å². The summed E-state index contributed by atoms with van der Waals surface area (Å²) >= 11 is 6.80. The molecule has 6 heteroatoms. The number of halogens is 2. The number of rotatable bonds is 4. The molecule has 1 rings (SSSR count). The zero-order valence-corrected chi connectivity index (χ0v) is 9.35. The zero-order valence-electron chi connectivity index (χ0n) is 7.78. The van der Waals surface area contributed by atoms with Gasteiger partial charge in [0, 0.05) is 16.3 Å². The van der Waals surface area contributed by atoms with Crippen molar-refractivity contribution in [3.05, 3.63) is 23.0 Å². The molecule has 0 aliphatic heterocycles. The average Bonchev–Trinajstić information content (AvgIpc) is 2.21. The molecule has 0 fully saturated rings. The van der Waals surface area contributed by atoms with Gasteiger partial charge in [0.1, 0.15) is 5.82 Å². The Morgan fingerprint density at radius 2 is 2.20 bits per heavy atom. The Morgan fingerprint density at radius 3 is 2.80 bits per heavy atom. The Labute approximate surface area is 96.0 Å². The molecule has 0 heterocycles. The zero-order chi connectivity index (χ0) is 11.4. The highest BCUT2D eigenvalue weighted by Crippen LogP contribution is 2.30. The summed E-state index contributed by atoms with van der Waals surface area (Å²) in [6, 6.07) is 2.54. The van der Waals surface area contributed by atoms with Gasteiger partial charge in [-0.3, -0.25) is 0 Å². The first-order chi connectivity index (χ1) is 7.04. The number of aliphatic hydroxyl groups excluding tert-OH is 2. The first-order valence-electron chi connectivity index (χ1n) is 4.21. The molecule has 0 bridgehead atoms. The van der Waals surface area contributed by atoms with Crippen molar-refractivity contribution in [2.75, 3.05) is 18.1 Å². The average molecular weight is 252 g/mol. The number of nitrogens with two attached hydrogens (primary N) is 1. The van der Waals surface area contributed by atoms with Crippen LogP contribution >= 0.6 is 23.4 Å². The number of benzene rings is 1. The largest absolute Gasteiger partial charge is 0.398 e. The lowest BCUT2D eigenvalue weighted by atomic mass is 10.3. The lowest BCUT2D eigenvalue weighted by Gasteiger charge is -2.09. The van der Waals surface area contributed by atoms with Crippen LogP contribution in [0.5, 0.6) is 0 Å². The molecule has 0 aliphatic rings. The Balaban J connectivity index is 2.73. The van der Waals surface area contributed by atoms with Crippen LogP contribution in [0.15, 0.2) is 17.0 Å². The molecule has 0 spiro atoms. The fourth-order valence-corrected chi connectivity index (χ4v) is 2.04. The van der Waals surface area contributed by atoms with Gasteiger partial charge >= 0.3 is 0 Å². The molecular formula is C9H11ClFNO2S. The van der Waals surface area contributed by atoms with Crippen LogP contribution in [0.1, 0.15) is 0 Å². The van der Waals surface area contributed by atoms with Crippen molar-refractivity contribution in [3.8, 4) is 0 Å². The van der Waals surface area contributed by atoms with Crippen LogP contribution in [0.4, 0.5) is 10.1 Å². The third kappa shape index (κ3) is 3.53. The minimum absolute atomic E-state index is 0.00908. The first-order valence-corrected chi connectivity index (χ1v) is 5.57. The highest BCUT2D eigenvalue weighted by atomic mass is 35.5. The molecule has 0 aliphatic carbocycles. The van der Waals surface area contributed by atoms with Crippen molar-refractivity contribution in [2.24, 2.45) is 0 Å². The standard InChI is InChI=1S/C9H11ClFNO2S/c10-6-1-9(8(12)2-7(6)11)15-4-5(14)3-13/h1-2,5,13-14H,3-4,12H2. The summed E-state index contributed by atoms with van der Waals surface area (Å²) in [7, 11) is 0. The van der Waals surface area contributed by atoms with Crippen molar-refractivity contribution in [3.63, 3.8) is 0 Å². The molecular weight excluding hydrogens is 241 g/mol. The van der Waals surface area contributed by atoms with E-state index in [1.807, 2.05) is 0 Å². The molecule has 1 unspecified atom stereocenters. The minimum Gasteiger partial charge on any atom is -0.398 e. The quantitative estimate of drug-likeness (QED) is 0.561. The van der Waals surface area contributed by atoms with Crippen LogP contribution in [0, 0.1) is 5.82 Å². The predicted octanol–water partition coefficient (Wildman–Crippen LogP) is 1.51. The molecule has 0 radical (unpaired) electrons. The van der Waals surface area contributed by atoms with Gasteiger partial charge in [-0.05, 0) is 12.1 Å². The van der Waals surface area contributed by atoms with Gasteiger partial charge in [0.15, 0.2) is 0 Å². The normalized spacial score (nSPS) is 12.8. The Kier molecular flexibility index (Phi) is 4.66. The van der Waals surface area contributed by atoms with E-state index in [1.165, 1.54) is 17.8 Å². The number of hydrogen-bond acceptors (Lipinski definition) is 4. The summed E-state index contributed by atoms with van der Waals surface area (Å²) in [5, 5.41) is 17.7. The van der Waals surface area contributed by atoms with E-state index < -0.39 is 11.9 Å². The number of thioether (sulfide) groups is 1. The highest BCUT2D eigenvalue weighted by Gasteiger charge is 2.09. The fraction of sp³-hybridized carbons (Fsp3) is 0.333. The molecule has 0 saturated heterocycles. The molecule has 1 aromatic carbocycles. The second-order valence-corrected chi connectivity index (χ2v) is 4.42. The van der Waals surface area contributed by atoms with E-state index in [9.17, 15) is 4.39 Å². The maximum atomic E-state index is 12.9. The van der Waals surface area contributed by atoms with Gasteiger partial charge in [0.05, 0.1) is 17.7 Å². The summed E-state index contributed by atoms with van der Waals surface area (Å²) in [6.07, 6.45) is -0.821. The van der Waals surface area contributed by atoms with Gasteiger partial charge in [-0.1, -0.05) is 11.6 Å². The van der Waals surface area contributed by atoms with Gasteiger partial charge in [-0.15, -0.1) is 11.8 Å². The number of aliphatic hydroxyl groups is 2. The van der Waals surface area contributed by atoms with Crippen LogP contribution in [0.25, 0.3) is 0 Å². The maximum Gasteiger partial charge on any atom is 0.143 e. The second kappa shape index (κ2) is 5.55. The van der Waals surface area contributed by atoms with Crippen molar-refractivity contribution in [2.45, 2.75) is 11.0 Å². The van der Waals surface area contributed by atoms with Crippen molar-refractivity contribution >= 4 is 29.1 Å². The van der Waals surface area contributed by atoms with Crippen LogP contribution in [0.2, 0.25) is 5.02 Å². The lowest BCUT2D eigenvalue weighted by Crippen LogP contribution is -2.14. The van der Waals surface area contributed by atoms with E-state index in [2.05, 4.69) is 0 Å². The van der Waals surface area contributed by atoms with E-state index >= 15 is 0 Å². The molecule has 1 aromatic rings. The predicted molar refractivity (Wildman–Crippen MR) is 59.6 cm³/mol. The summed E-state index contributed by atoms with van der Waals surface area (Å²) in [5.41, 5.74) is 5.82. The van der Waals surface area contributed by atoms with Gasteiger partial charge in [-0.25, -0.2) is 4.39 Å². The Hall–Kier alpha value is -0.490. The topological polar surface area (TPSA) is 66.5 Å². The van der Waals surface area contributed by atoms with Crippen LogP contribution in [0.3, 0.4) is 0 Å². The third-order valence-electron chi connectivity index (χ3n) is 1.69. The fourth-order valence-electron chi connectivity index (χ4n) is 0.908. The molecule has 1 atom stereocenters. The van der Waals surface area contributed by atoms with Gasteiger partial charge in [-0.2, -0.15) is 0 Å². The van der Waals surface area contributed by atoms with Gasteiger partial charge in [0.25, 0.3) is 0 Å². The van der Waals surface area contributed by atoms with Crippen LogP contribution in [-0.4, -0.2) is 28.7 Å². The lowest BCUT2D eigenvalue weighted by molar-refractivity contribution is 0.113. The summed E-state index contributed by atoms with van der Waals surface area (Å²) in [6.45, 7) is -0.318. The monoisotopic (exact) mass is 251 g/mol. The summed E-state index contributed by atoms with van der Waals surface area (Å²) in [5.74, 6) is -0.288. The third-order valence-corrected chi connectivity index (χ3v) is 3.20. The number of hydrogen-bond donors (Lipinski definition) is 3. The Morgan fingerprint density at radius 1 is 1.53 bits per heavy atom. The SMILES string of the molecule is Nc1cc(F)c(Cl)cc1SCC(O)CO. The van der Waals surface area contributed by atoms with Crippen LogP contribution < -0.4 is 5.73 Å². The highest BCUT2D eigenvalue weighted by molar-refractivity contribution is 7.99. The molecule has 0 aromatic heterocycles. The van der Waals surface area contributed by atoms with E-state index in [-0.39, 0.29) is 23.1 Å². The van der Waals surface area contributed by atoms with Gasteiger partial charge < -0.3 is 15.9 Å². The van der Waals surface area contributed by atoms with E-state index in [0.717, 1.165) is 6.07 Å². The summed E-state index contributed by atoms with van der Waals surface area (Å²) < 4.78 is 12.9.